The molecule has 0 unspecified atom stereocenters. The van der Waals surface area contributed by atoms with Crippen molar-refractivity contribution in [1.29, 1.82) is 0 Å². The van der Waals surface area contributed by atoms with E-state index in [2.05, 4.69) is 48.3 Å². The second kappa shape index (κ2) is 9.90. The van der Waals surface area contributed by atoms with Gasteiger partial charge in [0.25, 0.3) is 0 Å². The second-order valence-electron chi connectivity index (χ2n) is 7.37. The van der Waals surface area contributed by atoms with Crippen molar-refractivity contribution >= 4 is 11.6 Å². The Morgan fingerprint density at radius 1 is 1.10 bits per heavy atom. The zero-order valence-electron chi connectivity index (χ0n) is 16.6. The maximum absolute atomic E-state index is 13.7. The van der Waals surface area contributed by atoms with E-state index in [9.17, 15) is 8.78 Å². The summed E-state index contributed by atoms with van der Waals surface area (Å²) in [5.74, 6) is -0.738. The Bertz CT molecular complexity index is 894. The van der Waals surface area contributed by atoms with Crippen molar-refractivity contribution in [2.45, 2.75) is 39.6 Å². The summed E-state index contributed by atoms with van der Waals surface area (Å²) >= 11 is 6.37. The number of hydrogen-bond donors (Lipinski definition) is 1. The highest BCUT2D eigenvalue weighted by atomic mass is 35.5. The molecule has 2 aromatic carbocycles. The molecule has 0 radical (unpaired) electrons. The van der Waals surface area contributed by atoms with Gasteiger partial charge in [0.1, 0.15) is 24.0 Å². The first-order chi connectivity index (χ1) is 13.9. The van der Waals surface area contributed by atoms with E-state index in [1.807, 2.05) is 6.20 Å². The number of hydrogen-bond acceptors (Lipinski definition) is 3. The Kier molecular flexibility index (Phi) is 7.29. The van der Waals surface area contributed by atoms with E-state index in [0.717, 1.165) is 19.2 Å². The van der Waals surface area contributed by atoms with Crippen molar-refractivity contribution < 1.29 is 13.5 Å². The summed E-state index contributed by atoms with van der Waals surface area (Å²) in [6.07, 6.45) is 3.69. The van der Waals surface area contributed by atoms with Gasteiger partial charge in [0.2, 0.25) is 0 Å². The summed E-state index contributed by atoms with van der Waals surface area (Å²) in [6, 6.07) is 12.4. The first-order valence-corrected chi connectivity index (χ1v) is 9.97. The van der Waals surface area contributed by atoms with Crippen LogP contribution in [0, 0.1) is 11.6 Å². The van der Waals surface area contributed by atoms with Crippen LogP contribution in [0.3, 0.4) is 0 Å². The molecule has 0 saturated carbocycles. The van der Waals surface area contributed by atoms with Crippen molar-refractivity contribution in [1.82, 2.24) is 10.2 Å². The van der Waals surface area contributed by atoms with Gasteiger partial charge in [-0.3, -0.25) is 0 Å². The average Bonchev–Trinajstić information content (AvgIpc) is 2.68. The van der Waals surface area contributed by atoms with Gasteiger partial charge in [0.15, 0.2) is 0 Å². The second-order valence-corrected chi connectivity index (χ2v) is 7.82. The summed E-state index contributed by atoms with van der Waals surface area (Å²) in [6.45, 7) is 6.34. The maximum Gasteiger partial charge on any atom is 0.137 e. The third-order valence-electron chi connectivity index (χ3n) is 4.57. The SMILES string of the molecule is CC(C)NCc1ccc(CN2C=CC(OCc3ccc(F)cc3F)=C(Cl)C2)cc1. The lowest BCUT2D eigenvalue weighted by Gasteiger charge is -2.25. The Morgan fingerprint density at radius 2 is 1.83 bits per heavy atom. The molecule has 1 heterocycles. The van der Waals surface area contributed by atoms with E-state index in [1.54, 1.807) is 6.08 Å². The lowest BCUT2D eigenvalue weighted by molar-refractivity contribution is 0.199. The molecule has 0 fully saturated rings. The summed E-state index contributed by atoms with van der Waals surface area (Å²) in [5.41, 5.74) is 2.72. The molecule has 0 aliphatic carbocycles. The van der Waals surface area contributed by atoms with Crippen molar-refractivity contribution in [3.05, 3.63) is 93.9 Å². The van der Waals surface area contributed by atoms with E-state index >= 15 is 0 Å². The number of rotatable bonds is 8. The highest BCUT2D eigenvalue weighted by Crippen LogP contribution is 2.23. The minimum absolute atomic E-state index is 0.00607. The largest absolute Gasteiger partial charge is 0.487 e. The first kappa shape index (κ1) is 21.3. The molecule has 0 spiro atoms. The normalized spacial score (nSPS) is 14.1. The van der Waals surface area contributed by atoms with Gasteiger partial charge in [-0.05, 0) is 29.3 Å². The van der Waals surface area contributed by atoms with Crippen molar-refractivity contribution in [2.24, 2.45) is 0 Å². The summed E-state index contributed by atoms with van der Waals surface area (Å²) in [4.78, 5) is 2.08. The van der Waals surface area contributed by atoms with Crippen LogP contribution in [0.4, 0.5) is 8.78 Å². The summed E-state index contributed by atoms with van der Waals surface area (Å²) in [7, 11) is 0. The Hall–Kier alpha value is -2.37. The quantitative estimate of drug-likeness (QED) is 0.616. The van der Waals surface area contributed by atoms with Crippen LogP contribution >= 0.6 is 11.6 Å². The fraction of sp³-hybridized carbons (Fsp3) is 0.304. The highest BCUT2D eigenvalue weighted by Gasteiger charge is 2.15. The molecule has 0 amide bonds. The van der Waals surface area contributed by atoms with Gasteiger partial charge in [-0.2, -0.15) is 0 Å². The van der Waals surface area contributed by atoms with Crippen LogP contribution in [0.5, 0.6) is 0 Å². The van der Waals surface area contributed by atoms with Gasteiger partial charge in [-0.15, -0.1) is 0 Å². The summed E-state index contributed by atoms with van der Waals surface area (Å²) in [5, 5.41) is 3.95. The van der Waals surface area contributed by atoms with Crippen LogP contribution in [-0.2, 0) is 24.4 Å². The van der Waals surface area contributed by atoms with E-state index in [4.69, 9.17) is 16.3 Å². The number of nitrogens with zero attached hydrogens (tertiary/aromatic N) is 1. The van der Waals surface area contributed by atoms with Gasteiger partial charge in [0, 0.05) is 37.0 Å². The third kappa shape index (κ3) is 6.31. The Balaban J connectivity index is 1.52. The Labute approximate surface area is 175 Å². The van der Waals surface area contributed by atoms with Gasteiger partial charge in [-0.25, -0.2) is 8.78 Å². The summed E-state index contributed by atoms with van der Waals surface area (Å²) < 4.78 is 32.3. The monoisotopic (exact) mass is 418 g/mol. The number of ether oxygens (including phenoxy) is 1. The molecule has 29 heavy (non-hydrogen) atoms. The van der Waals surface area contributed by atoms with E-state index in [0.29, 0.717) is 23.4 Å². The van der Waals surface area contributed by atoms with E-state index in [-0.39, 0.29) is 12.2 Å². The molecule has 1 aliphatic heterocycles. The van der Waals surface area contributed by atoms with Crippen molar-refractivity contribution in [2.75, 3.05) is 6.54 Å². The smallest absolute Gasteiger partial charge is 0.137 e. The molecular weight excluding hydrogens is 394 g/mol. The maximum atomic E-state index is 13.7. The van der Waals surface area contributed by atoms with Crippen LogP contribution in [0.1, 0.15) is 30.5 Å². The highest BCUT2D eigenvalue weighted by molar-refractivity contribution is 6.30. The fourth-order valence-electron chi connectivity index (χ4n) is 2.92. The van der Waals surface area contributed by atoms with Crippen LogP contribution < -0.4 is 5.32 Å². The predicted molar refractivity (Wildman–Crippen MR) is 112 cm³/mol. The topological polar surface area (TPSA) is 24.5 Å². The fourth-order valence-corrected chi connectivity index (χ4v) is 3.19. The lowest BCUT2D eigenvalue weighted by atomic mass is 10.1. The van der Waals surface area contributed by atoms with Crippen LogP contribution in [0.2, 0.25) is 0 Å². The molecule has 3 rings (SSSR count). The standard InChI is InChI=1S/C23H25ClF2N2O/c1-16(2)27-12-17-3-5-18(6-4-17)13-28-10-9-23(21(24)14-28)29-15-19-7-8-20(25)11-22(19)26/h3-11,16,27H,12-15H2,1-2H3. The van der Waals surface area contributed by atoms with Crippen molar-refractivity contribution in [3.8, 4) is 0 Å². The number of halogens is 3. The van der Waals surface area contributed by atoms with Crippen LogP contribution in [-0.4, -0.2) is 17.5 Å². The van der Waals surface area contributed by atoms with Crippen molar-refractivity contribution in [3.63, 3.8) is 0 Å². The molecule has 0 bridgehead atoms. The van der Waals surface area contributed by atoms with Gasteiger partial charge < -0.3 is 15.0 Å². The van der Waals surface area contributed by atoms with Gasteiger partial charge >= 0.3 is 0 Å². The molecule has 0 atom stereocenters. The molecular formula is C23H25ClF2N2O. The third-order valence-corrected chi connectivity index (χ3v) is 4.87. The predicted octanol–water partition coefficient (Wildman–Crippen LogP) is 5.46. The minimum atomic E-state index is -0.629. The van der Waals surface area contributed by atoms with Gasteiger partial charge in [0.05, 0.1) is 11.6 Å². The number of allylic oxidation sites excluding steroid dienone is 1. The number of benzene rings is 2. The molecule has 0 aromatic heterocycles. The molecule has 6 heteroatoms. The molecule has 154 valence electrons. The molecule has 3 nitrogen and oxygen atoms in total. The van der Waals surface area contributed by atoms with E-state index in [1.165, 1.54) is 23.3 Å². The lowest BCUT2D eigenvalue weighted by Crippen LogP contribution is -2.23. The average molecular weight is 419 g/mol. The van der Waals surface area contributed by atoms with Crippen LogP contribution in [0.15, 0.2) is 65.5 Å². The first-order valence-electron chi connectivity index (χ1n) is 9.59. The van der Waals surface area contributed by atoms with E-state index < -0.39 is 11.6 Å². The molecule has 2 aromatic rings. The zero-order valence-corrected chi connectivity index (χ0v) is 17.3. The van der Waals surface area contributed by atoms with Crippen LogP contribution in [0.25, 0.3) is 0 Å². The Morgan fingerprint density at radius 3 is 2.48 bits per heavy atom. The molecule has 1 N–H and O–H groups in total. The molecule has 0 saturated heterocycles. The number of nitrogens with one attached hydrogen (secondary N) is 1. The minimum Gasteiger partial charge on any atom is -0.487 e. The molecule has 1 aliphatic rings. The van der Waals surface area contributed by atoms with Gasteiger partial charge in [-0.1, -0.05) is 49.7 Å². The zero-order chi connectivity index (χ0) is 20.8.